The van der Waals surface area contributed by atoms with Crippen molar-refractivity contribution in [2.45, 2.75) is 0 Å². The molecule has 3 aromatic rings. The van der Waals surface area contributed by atoms with Gasteiger partial charge in [0.15, 0.2) is 5.82 Å². The van der Waals surface area contributed by atoms with Crippen molar-refractivity contribution < 1.29 is 13.9 Å². The Bertz CT molecular complexity index is 768. The van der Waals surface area contributed by atoms with Gasteiger partial charge in [0.1, 0.15) is 22.8 Å². The van der Waals surface area contributed by atoms with Crippen molar-refractivity contribution in [3.8, 4) is 22.9 Å². The third-order valence-electron chi connectivity index (χ3n) is 3.13. The Morgan fingerprint density at radius 2 is 1.95 bits per heavy atom. The van der Waals surface area contributed by atoms with Gasteiger partial charge in [0.05, 0.1) is 25.3 Å². The van der Waals surface area contributed by atoms with Crippen molar-refractivity contribution in [2.75, 3.05) is 14.2 Å². The van der Waals surface area contributed by atoms with E-state index in [1.165, 1.54) is 6.07 Å². The zero-order valence-corrected chi connectivity index (χ0v) is 11.1. The molecule has 3 rings (SSSR count). The van der Waals surface area contributed by atoms with E-state index in [9.17, 15) is 4.39 Å². The van der Waals surface area contributed by atoms with Crippen LogP contribution in [0.15, 0.2) is 36.4 Å². The SMILES string of the molecule is COc1ccc(-c2nc3c(F)cccc3[nH]2)c(OC)c1. The molecule has 20 heavy (non-hydrogen) atoms. The van der Waals surface area contributed by atoms with Gasteiger partial charge in [-0.05, 0) is 24.3 Å². The maximum absolute atomic E-state index is 13.7. The lowest BCUT2D eigenvalue weighted by atomic mass is 10.2. The molecule has 0 spiro atoms. The van der Waals surface area contributed by atoms with E-state index in [1.807, 2.05) is 6.07 Å². The number of hydrogen-bond acceptors (Lipinski definition) is 3. The summed E-state index contributed by atoms with van der Waals surface area (Å²) in [4.78, 5) is 7.39. The van der Waals surface area contributed by atoms with Gasteiger partial charge in [-0.25, -0.2) is 9.37 Å². The molecule has 1 N–H and O–H groups in total. The highest BCUT2D eigenvalue weighted by Gasteiger charge is 2.13. The number of halogens is 1. The van der Waals surface area contributed by atoms with Crippen molar-refractivity contribution in [1.29, 1.82) is 0 Å². The van der Waals surface area contributed by atoms with Crippen LogP contribution >= 0.6 is 0 Å². The van der Waals surface area contributed by atoms with E-state index >= 15 is 0 Å². The average Bonchev–Trinajstić information content (AvgIpc) is 2.92. The molecule has 102 valence electrons. The summed E-state index contributed by atoms with van der Waals surface area (Å²) in [5.41, 5.74) is 1.72. The largest absolute Gasteiger partial charge is 0.497 e. The molecular weight excluding hydrogens is 259 g/mol. The Morgan fingerprint density at radius 3 is 2.65 bits per heavy atom. The van der Waals surface area contributed by atoms with Gasteiger partial charge in [-0.2, -0.15) is 0 Å². The summed E-state index contributed by atoms with van der Waals surface area (Å²) in [6, 6.07) is 10.2. The molecular formula is C15H13FN2O2. The molecule has 1 heterocycles. The zero-order valence-electron chi connectivity index (χ0n) is 11.1. The minimum atomic E-state index is -0.350. The van der Waals surface area contributed by atoms with Crippen LogP contribution in [0.1, 0.15) is 0 Å². The Labute approximate surface area is 115 Å². The second kappa shape index (κ2) is 4.85. The summed E-state index contributed by atoms with van der Waals surface area (Å²) >= 11 is 0. The van der Waals surface area contributed by atoms with Gasteiger partial charge < -0.3 is 14.5 Å². The molecule has 2 aromatic carbocycles. The van der Waals surface area contributed by atoms with Crippen LogP contribution < -0.4 is 9.47 Å². The van der Waals surface area contributed by atoms with E-state index in [0.29, 0.717) is 28.4 Å². The number of hydrogen-bond donors (Lipinski definition) is 1. The van der Waals surface area contributed by atoms with E-state index in [4.69, 9.17) is 9.47 Å². The average molecular weight is 272 g/mol. The predicted octanol–water partition coefficient (Wildman–Crippen LogP) is 3.39. The number of fused-ring (bicyclic) bond motifs is 1. The Kier molecular flexibility index (Phi) is 3.02. The highest BCUT2D eigenvalue weighted by Crippen LogP contribution is 2.32. The van der Waals surface area contributed by atoms with Gasteiger partial charge in [-0.1, -0.05) is 6.07 Å². The van der Waals surface area contributed by atoms with Crippen LogP contribution in [0, 0.1) is 5.82 Å². The Balaban J connectivity index is 2.17. The fourth-order valence-electron chi connectivity index (χ4n) is 2.12. The maximum Gasteiger partial charge on any atom is 0.151 e. The van der Waals surface area contributed by atoms with Gasteiger partial charge >= 0.3 is 0 Å². The number of imidazole rings is 1. The van der Waals surface area contributed by atoms with Gasteiger partial charge in [-0.3, -0.25) is 0 Å². The highest BCUT2D eigenvalue weighted by atomic mass is 19.1. The Morgan fingerprint density at radius 1 is 1.10 bits per heavy atom. The summed E-state index contributed by atoms with van der Waals surface area (Å²) < 4.78 is 24.2. The molecule has 1 aromatic heterocycles. The number of nitrogens with zero attached hydrogens (tertiary/aromatic N) is 1. The Hall–Kier alpha value is -2.56. The third-order valence-corrected chi connectivity index (χ3v) is 3.13. The number of methoxy groups -OCH3 is 2. The fourth-order valence-corrected chi connectivity index (χ4v) is 2.12. The molecule has 0 fully saturated rings. The molecule has 0 atom stereocenters. The van der Waals surface area contributed by atoms with E-state index in [0.717, 1.165) is 5.56 Å². The first-order chi connectivity index (χ1) is 9.72. The number of H-pyrrole nitrogens is 1. The molecule has 0 saturated heterocycles. The van der Waals surface area contributed by atoms with Gasteiger partial charge in [0.2, 0.25) is 0 Å². The van der Waals surface area contributed by atoms with E-state index in [2.05, 4.69) is 9.97 Å². The number of ether oxygens (including phenoxy) is 2. The van der Waals surface area contributed by atoms with Crippen molar-refractivity contribution >= 4 is 11.0 Å². The van der Waals surface area contributed by atoms with E-state index in [1.54, 1.807) is 38.5 Å². The second-order valence-electron chi connectivity index (χ2n) is 4.29. The van der Waals surface area contributed by atoms with Crippen molar-refractivity contribution in [3.63, 3.8) is 0 Å². The standard InChI is InChI=1S/C15H13FN2O2/c1-19-9-6-7-10(13(8-9)20-2)15-17-12-5-3-4-11(16)14(12)18-15/h3-8H,1-2H3,(H,17,18). The molecule has 4 nitrogen and oxygen atoms in total. The lowest BCUT2D eigenvalue weighted by Gasteiger charge is -2.08. The number of aromatic nitrogens is 2. The quantitative estimate of drug-likeness (QED) is 0.795. The second-order valence-corrected chi connectivity index (χ2v) is 4.29. The number of nitrogens with one attached hydrogen (secondary N) is 1. The maximum atomic E-state index is 13.7. The molecule has 0 aliphatic rings. The van der Waals surface area contributed by atoms with Crippen LogP contribution in [0.3, 0.4) is 0 Å². The van der Waals surface area contributed by atoms with Crippen LogP contribution in [0.4, 0.5) is 4.39 Å². The molecule has 0 aliphatic heterocycles. The lowest BCUT2D eigenvalue weighted by Crippen LogP contribution is -1.91. The number of para-hydroxylation sites is 1. The summed E-state index contributed by atoms with van der Waals surface area (Å²) in [5.74, 6) is 1.51. The van der Waals surface area contributed by atoms with Gasteiger partial charge in [0.25, 0.3) is 0 Å². The molecule has 0 amide bonds. The van der Waals surface area contributed by atoms with Crippen molar-refractivity contribution in [3.05, 3.63) is 42.2 Å². The van der Waals surface area contributed by atoms with Crippen LogP contribution in [0.2, 0.25) is 0 Å². The molecule has 0 aliphatic carbocycles. The van der Waals surface area contributed by atoms with Crippen LogP contribution in [-0.2, 0) is 0 Å². The van der Waals surface area contributed by atoms with Crippen molar-refractivity contribution in [2.24, 2.45) is 0 Å². The third kappa shape index (κ3) is 1.97. The van der Waals surface area contributed by atoms with Crippen molar-refractivity contribution in [1.82, 2.24) is 9.97 Å². The lowest BCUT2D eigenvalue weighted by molar-refractivity contribution is 0.395. The minimum absolute atomic E-state index is 0.320. The number of benzene rings is 2. The van der Waals surface area contributed by atoms with Gasteiger partial charge in [0, 0.05) is 6.07 Å². The summed E-state index contributed by atoms with van der Waals surface area (Å²) in [7, 11) is 3.16. The normalized spacial score (nSPS) is 10.8. The fraction of sp³-hybridized carbons (Fsp3) is 0.133. The molecule has 0 bridgehead atoms. The number of rotatable bonds is 3. The van der Waals surface area contributed by atoms with E-state index < -0.39 is 0 Å². The zero-order chi connectivity index (χ0) is 14.1. The first-order valence-corrected chi connectivity index (χ1v) is 6.09. The predicted molar refractivity (Wildman–Crippen MR) is 74.6 cm³/mol. The molecule has 5 heteroatoms. The molecule has 0 saturated carbocycles. The summed E-state index contributed by atoms with van der Waals surface area (Å²) in [5, 5.41) is 0. The van der Waals surface area contributed by atoms with Gasteiger partial charge in [-0.15, -0.1) is 0 Å². The van der Waals surface area contributed by atoms with E-state index in [-0.39, 0.29) is 5.82 Å². The highest BCUT2D eigenvalue weighted by molar-refractivity contribution is 5.81. The summed E-state index contributed by atoms with van der Waals surface area (Å²) in [6.45, 7) is 0. The van der Waals surface area contributed by atoms with Crippen LogP contribution in [0.25, 0.3) is 22.4 Å². The first kappa shape index (κ1) is 12.5. The first-order valence-electron chi connectivity index (χ1n) is 6.09. The minimum Gasteiger partial charge on any atom is -0.497 e. The topological polar surface area (TPSA) is 47.1 Å². The number of aromatic amines is 1. The smallest absolute Gasteiger partial charge is 0.151 e. The molecule has 0 unspecified atom stereocenters. The molecule has 0 radical (unpaired) electrons. The summed E-state index contributed by atoms with van der Waals surface area (Å²) in [6.07, 6.45) is 0. The van der Waals surface area contributed by atoms with Crippen LogP contribution in [0.5, 0.6) is 11.5 Å². The van der Waals surface area contributed by atoms with Crippen LogP contribution in [-0.4, -0.2) is 24.2 Å². The monoisotopic (exact) mass is 272 g/mol.